The molecule has 0 fully saturated rings. The van der Waals surface area contributed by atoms with E-state index in [0.717, 1.165) is 6.42 Å². The average Bonchev–Trinajstić information content (AvgIpc) is 2.05. The second-order valence-corrected chi connectivity index (χ2v) is 3.04. The minimum atomic E-state index is -0.299. The molecule has 11 heavy (non-hydrogen) atoms. The van der Waals surface area contributed by atoms with Gasteiger partial charge in [-0.25, -0.2) is 0 Å². The van der Waals surface area contributed by atoms with Crippen LogP contribution in [-0.4, -0.2) is 5.24 Å². The SMILES string of the molecule is CCC1C=CC(C(=O)Cl)C=C1. The standard InChI is InChI=1S/C9H11ClO/c1-2-7-3-5-8(6-4-7)9(10)11/h3-8H,2H2,1H3. The maximum absolute atomic E-state index is 10.7. The van der Waals surface area contributed by atoms with E-state index in [4.69, 9.17) is 11.6 Å². The van der Waals surface area contributed by atoms with E-state index < -0.39 is 0 Å². The molecule has 0 aromatic heterocycles. The Kier molecular flexibility index (Phi) is 2.89. The van der Waals surface area contributed by atoms with E-state index in [9.17, 15) is 4.79 Å². The number of allylic oxidation sites excluding steroid dienone is 4. The predicted molar refractivity (Wildman–Crippen MR) is 46.4 cm³/mol. The average molecular weight is 171 g/mol. The summed E-state index contributed by atoms with van der Waals surface area (Å²) < 4.78 is 0. The maximum atomic E-state index is 10.7. The number of hydrogen-bond donors (Lipinski definition) is 0. The minimum absolute atomic E-state index is 0.195. The molecule has 0 N–H and O–H groups in total. The molecule has 1 aliphatic rings. The molecule has 0 atom stereocenters. The second-order valence-electron chi connectivity index (χ2n) is 2.67. The van der Waals surface area contributed by atoms with Crippen LogP contribution >= 0.6 is 11.6 Å². The Hall–Kier alpha value is -0.560. The first-order valence-electron chi connectivity index (χ1n) is 3.80. The largest absolute Gasteiger partial charge is 0.280 e. The van der Waals surface area contributed by atoms with Gasteiger partial charge in [0, 0.05) is 0 Å². The number of carbonyl (C=O) groups is 1. The monoisotopic (exact) mass is 170 g/mol. The zero-order valence-corrected chi connectivity index (χ0v) is 7.21. The van der Waals surface area contributed by atoms with Gasteiger partial charge in [0.2, 0.25) is 5.24 Å². The minimum Gasteiger partial charge on any atom is -0.280 e. The Bertz CT molecular complexity index is 192. The molecule has 0 saturated carbocycles. The first-order chi connectivity index (χ1) is 5.24. The van der Waals surface area contributed by atoms with Crippen LogP contribution in [0.5, 0.6) is 0 Å². The highest BCUT2D eigenvalue weighted by Crippen LogP contribution is 2.18. The van der Waals surface area contributed by atoms with Crippen molar-refractivity contribution in [2.45, 2.75) is 13.3 Å². The molecular weight excluding hydrogens is 160 g/mol. The normalized spacial score (nSPS) is 28.9. The van der Waals surface area contributed by atoms with Gasteiger partial charge in [-0.3, -0.25) is 4.79 Å². The Morgan fingerprint density at radius 3 is 2.27 bits per heavy atom. The van der Waals surface area contributed by atoms with Crippen molar-refractivity contribution in [3.8, 4) is 0 Å². The third kappa shape index (κ3) is 2.19. The molecule has 0 bridgehead atoms. The smallest absolute Gasteiger partial charge is 0.232 e. The van der Waals surface area contributed by atoms with E-state index in [1.807, 2.05) is 24.3 Å². The molecule has 2 heteroatoms. The highest BCUT2D eigenvalue weighted by molar-refractivity contribution is 6.64. The van der Waals surface area contributed by atoms with Crippen molar-refractivity contribution in [2.24, 2.45) is 11.8 Å². The van der Waals surface area contributed by atoms with Crippen LogP contribution in [0.1, 0.15) is 13.3 Å². The molecular formula is C9H11ClO. The topological polar surface area (TPSA) is 17.1 Å². The van der Waals surface area contributed by atoms with Gasteiger partial charge in [-0.1, -0.05) is 31.2 Å². The van der Waals surface area contributed by atoms with Gasteiger partial charge in [0.15, 0.2) is 0 Å². The van der Waals surface area contributed by atoms with E-state index in [2.05, 4.69) is 6.92 Å². The zero-order valence-electron chi connectivity index (χ0n) is 6.46. The van der Waals surface area contributed by atoms with Crippen molar-refractivity contribution in [2.75, 3.05) is 0 Å². The third-order valence-electron chi connectivity index (χ3n) is 1.86. The third-order valence-corrected chi connectivity index (χ3v) is 2.12. The molecule has 0 heterocycles. The van der Waals surface area contributed by atoms with Gasteiger partial charge in [-0.05, 0) is 23.9 Å². The first-order valence-corrected chi connectivity index (χ1v) is 4.18. The number of halogens is 1. The quantitative estimate of drug-likeness (QED) is 0.460. The summed E-state index contributed by atoms with van der Waals surface area (Å²) in [6, 6.07) is 0. The lowest BCUT2D eigenvalue weighted by Crippen LogP contribution is -2.07. The molecule has 1 aliphatic carbocycles. The second kappa shape index (κ2) is 3.72. The van der Waals surface area contributed by atoms with Crippen LogP contribution in [0.3, 0.4) is 0 Å². The van der Waals surface area contributed by atoms with Gasteiger partial charge >= 0.3 is 0 Å². The van der Waals surface area contributed by atoms with Crippen molar-refractivity contribution in [1.82, 2.24) is 0 Å². The van der Waals surface area contributed by atoms with E-state index in [0.29, 0.717) is 5.92 Å². The molecule has 1 rings (SSSR count). The van der Waals surface area contributed by atoms with Crippen LogP contribution in [0.2, 0.25) is 0 Å². The van der Waals surface area contributed by atoms with Crippen molar-refractivity contribution in [1.29, 1.82) is 0 Å². The van der Waals surface area contributed by atoms with Crippen molar-refractivity contribution in [3.05, 3.63) is 24.3 Å². The molecule has 0 amide bonds. The van der Waals surface area contributed by atoms with Crippen LogP contribution < -0.4 is 0 Å². The molecule has 0 saturated heterocycles. The van der Waals surface area contributed by atoms with E-state index in [1.54, 1.807) is 0 Å². The summed E-state index contributed by atoms with van der Waals surface area (Å²) in [5.74, 6) is 0.293. The Balaban J connectivity index is 2.57. The van der Waals surface area contributed by atoms with E-state index in [-0.39, 0.29) is 11.2 Å². The summed E-state index contributed by atoms with van der Waals surface area (Å²) in [6.07, 6.45) is 8.87. The molecule has 0 radical (unpaired) electrons. The summed E-state index contributed by atoms with van der Waals surface area (Å²) >= 11 is 5.31. The molecule has 0 aromatic rings. The lowest BCUT2D eigenvalue weighted by atomic mass is 9.95. The van der Waals surface area contributed by atoms with Gasteiger partial charge in [0.05, 0.1) is 5.92 Å². The highest BCUT2D eigenvalue weighted by Gasteiger charge is 2.12. The fourth-order valence-electron chi connectivity index (χ4n) is 1.08. The van der Waals surface area contributed by atoms with E-state index in [1.165, 1.54) is 0 Å². The number of hydrogen-bond acceptors (Lipinski definition) is 1. The predicted octanol–water partition coefficient (Wildman–Crippen LogP) is 2.52. The fraction of sp³-hybridized carbons (Fsp3) is 0.444. The van der Waals surface area contributed by atoms with Crippen LogP contribution in [0.15, 0.2) is 24.3 Å². The summed E-state index contributed by atoms with van der Waals surface area (Å²) in [5.41, 5.74) is 0. The maximum Gasteiger partial charge on any atom is 0.232 e. The first kappa shape index (κ1) is 8.54. The Morgan fingerprint density at radius 1 is 1.36 bits per heavy atom. The molecule has 0 aliphatic heterocycles. The lowest BCUT2D eigenvalue weighted by Gasteiger charge is -2.11. The van der Waals surface area contributed by atoms with Crippen LogP contribution in [-0.2, 0) is 4.79 Å². The van der Waals surface area contributed by atoms with Gasteiger partial charge in [-0.2, -0.15) is 0 Å². The molecule has 0 aromatic carbocycles. The molecule has 60 valence electrons. The van der Waals surface area contributed by atoms with Gasteiger partial charge in [0.25, 0.3) is 0 Å². The Morgan fingerprint density at radius 2 is 1.91 bits per heavy atom. The summed E-state index contributed by atoms with van der Waals surface area (Å²) in [7, 11) is 0. The fourth-order valence-corrected chi connectivity index (χ4v) is 1.22. The van der Waals surface area contributed by atoms with Gasteiger partial charge < -0.3 is 0 Å². The van der Waals surface area contributed by atoms with Crippen LogP contribution in [0, 0.1) is 11.8 Å². The molecule has 0 unspecified atom stereocenters. The summed E-state index contributed by atoms with van der Waals surface area (Å²) in [6.45, 7) is 2.11. The van der Waals surface area contributed by atoms with Crippen molar-refractivity contribution in [3.63, 3.8) is 0 Å². The molecule has 0 spiro atoms. The van der Waals surface area contributed by atoms with Crippen LogP contribution in [0.4, 0.5) is 0 Å². The zero-order chi connectivity index (χ0) is 8.27. The van der Waals surface area contributed by atoms with Gasteiger partial charge in [-0.15, -0.1) is 0 Å². The summed E-state index contributed by atoms with van der Waals surface area (Å²) in [4.78, 5) is 10.7. The van der Waals surface area contributed by atoms with Gasteiger partial charge in [0.1, 0.15) is 0 Å². The van der Waals surface area contributed by atoms with Crippen molar-refractivity contribution >= 4 is 16.8 Å². The van der Waals surface area contributed by atoms with Crippen molar-refractivity contribution < 1.29 is 4.79 Å². The Labute approximate surface area is 71.7 Å². The highest BCUT2D eigenvalue weighted by atomic mass is 35.5. The van der Waals surface area contributed by atoms with Crippen LogP contribution in [0.25, 0.3) is 0 Å². The molecule has 1 nitrogen and oxygen atoms in total. The number of carbonyl (C=O) groups excluding carboxylic acids is 1. The summed E-state index contributed by atoms with van der Waals surface area (Å²) in [5, 5.41) is -0.299. The van der Waals surface area contributed by atoms with E-state index >= 15 is 0 Å². The number of rotatable bonds is 2. The lowest BCUT2D eigenvalue weighted by molar-refractivity contribution is -0.112.